The van der Waals surface area contributed by atoms with E-state index < -0.39 is 0 Å². The third kappa shape index (κ3) is 4.02. The van der Waals surface area contributed by atoms with E-state index in [1.807, 2.05) is 11.7 Å². The SMILES string of the molecule is CCCNc1c(CN(C)CC(C)C)c(C)nn1C. The lowest BCUT2D eigenvalue weighted by Crippen LogP contribution is -2.23. The summed E-state index contributed by atoms with van der Waals surface area (Å²) in [5, 5.41) is 8.01. The Balaban J connectivity index is 2.79. The van der Waals surface area contributed by atoms with Gasteiger partial charge in [-0.2, -0.15) is 5.10 Å². The van der Waals surface area contributed by atoms with E-state index in [9.17, 15) is 0 Å². The summed E-state index contributed by atoms with van der Waals surface area (Å²) in [7, 11) is 4.19. The summed E-state index contributed by atoms with van der Waals surface area (Å²) in [6, 6.07) is 0. The van der Waals surface area contributed by atoms with Gasteiger partial charge in [-0.05, 0) is 26.3 Å². The highest BCUT2D eigenvalue weighted by Crippen LogP contribution is 2.20. The van der Waals surface area contributed by atoms with E-state index in [1.165, 1.54) is 11.4 Å². The first-order valence-electron chi connectivity index (χ1n) is 6.90. The smallest absolute Gasteiger partial charge is 0.128 e. The molecule has 104 valence electrons. The number of rotatable bonds is 7. The second kappa shape index (κ2) is 6.78. The van der Waals surface area contributed by atoms with Crippen LogP contribution in [0.3, 0.4) is 0 Å². The predicted octanol–water partition coefficient (Wildman–Crippen LogP) is 2.64. The third-order valence-corrected chi connectivity index (χ3v) is 2.99. The van der Waals surface area contributed by atoms with Gasteiger partial charge in [0.05, 0.1) is 5.69 Å². The molecule has 1 aromatic rings. The molecule has 0 aromatic carbocycles. The van der Waals surface area contributed by atoms with Gasteiger partial charge in [-0.15, -0.1) is 0 Å². The lowest BCUT2D eigenvalue weighted by molar-refractivity contribution is 0.288. The van der Waals surface area contributed by atoms with Crippen molar-refractivity contribution < 1.29 is 0 Å². The second-order valence-electron chi connectivity index (χ2n) is 5.55. The first-order valence-corrected chi connectivity index (χ1v) is 6.90. The molecular weight excluding hydrogens is 224 g/mol. The van der Waals surface area contributed by atoms with Gasteiger partial charge in [-0.1, -0.05) is 20.8 Å². The Hall–Kier alpha value is -1.03. The first kappa shape index (κ1) is 15.0. The molecule has 0 radical (unpaired) electrons. The molecule has 18 heavy (non-hydrogen) atoms. The summed E-state index contributed by atoms with van der Waals surface area (Å²) in [4.78, 5) is 2.37. The van der Waals surface area contributed by atoms with Gasteiger partial charge in [-0.3, -0.25) is 4.68 Å². The number of nitrogens with zero attached hydrogens (tertiary/aromatic N) is 3. The number of aromatic nitrogens is 2. The molecule has 0 spiro atoms. The van der Waals surface area contributed by atoms with Gasteiger partial charge in [0, 0.05) is 32.2 Å². The van der Waals surface area contributed by atoms with Crippen LogP contribution in [0.2, 0.25) is 0 Å². The summed E-state index contributed by atoms with van der Waals surface area (Å²) >= 11 is 0. The van der Waals surface area contributed by atoms with E-state index in [0.717, 1.165) is 31.7 Å². The van der Waals surface area contributed by atoms with Crippen molar-refractivity contribution in [3.63, 3.8) is 0 Å². The molecule has 0 saturated carbocycles. The van der Waals surface area contributed by atoms with Crippen molar-refractivity contribution in [2.24, 2.45) is 13.0 Å². The molecule has 4 heteroatoms. The third-order valence-electron chi connectivity index (χ3n) is 2.99. The van der Waals surface area contributed by atoms with Gasteiger partial charge < -0.3 is 10.2 Å². The minimum absolute atomic E-state index is 0.694. The molecule has 0 aliphatic heterocycles. The molecule has 1 rings (SSSR count). The Kier molecular flexibility index (Phi) is 5.66. The van der Waals surface area contributed by atoms with E-state index in [4.69, 9.17) is 0 Å². The number of nitrogens with one attached hydrogen (secondary N) is 1. The normalized spacial score (nSPS) is 11.6. The summed E-state index contributed by atoms with van der Waals surface area (Å²) in [6.45, 7) is 11.9. The first-order chi connectivity index (χ1) is 8.45. The maximum Gasteiger partial charge on any atom is 0.128 e. The maximum absolute atomic E-state index is 4.52. The molecule has 0 fully saturated rings. The van der Waals surface area contributed by atoms with Gasteiger partial charge in [-0.25, -0.2) is 0 Å². The minimum Gasteiger partial charge on any atom is -0.370 e. The van der Waals surface area contributed by atoms with Crippen LogP contribution in [0.4, 0.5) is 5.82 Å². The van der Waals surface area contributed by atoms with Crippen molar-refractivity contribution in [3.05, 3.63) is 11.3 Å². The fourth-order valence-electron chi connectivity index (χ4n) is 2.31. The molecule has 0 aliphatic carbocycles. The topological polar surface area (TPSA) is 33.1 Å². The molecule has 0 unspecified atom stereocenters. The summed E-state index contributed by atoms with van der Waals surface area (Å²) < 4.78 is 1.96. The number of anilines is 1. The van der Waals surface area contributed by atoms with E-state index in [-0.39, 0.29) is 0 Å². The molecule has 0 atom stereocenters. The van der Waals surface area contributed by atoms with Crippen LogP contribution in [0.15, 0.2) is 0 Å². The molecule has 0 bridgehead atoms. The zero-order chi connectivity index (χ0) is 13.7. The van der Waals surface area contributed by atoms with E-state index in [2.05, 4.69) is 50.1 Å². The van der Waals surface area contributed by atoms with Crippen molar-refractivity contribution in [3.8, 4) is 0 Å². The Morgan fingerprint density at radius 3 is 2.61 bits per heavy atom. The van der Waals surface area contributed by atoms with Gasteiger partial charge in [0.15, 0.2) is 0 Å². The lowest BCUT2D eigenvalue weighted by Gasteiger charge is -2.19. The lowest BCUT2D eigenvalue weighted by atomic mass is 10.2. The number of aryl methyl sites for hydroxylation is 2. The fraction of sp³-hybridized carbons (Fsp3) is 0.786. The van der Waals surface area contributed by atoms with E-state index >= 15 is 0 Å². The van der Waals surface area contributed by atoms with E-state index in [0.29, 0.717) is 5.92 Å². The van der Waals surface area contributed by atoms with Gasteiger partial charge >= 0.3 is 0 Å². The number of hydrogen-bond donors (Lipinski definition) is 1. The molecule has 0 saturated heterocycles. The Labute approximate surface area is 111 Å². The summed E-state index contributed by atoms with van der Waals surface area (Å²) in [5.41, 5.74) is 2.46. The van der Waals surface area contributed by atoms with Crippen LogP contribution >= 0.6 is 0 Å². The molecule has 1 heterocycles. The quantitative estimate of drug-likeness (QED) is 0.810. The van der Waals surface area contributed by atoms with Crippen LogP contribution in [-0.4, -0.2) is 34.8 Å². The summed E-state index contributed by atoms with van der Waals surface area (Å²) in [6.07, 6.45) is 1.13. The highest BCUT2D eigenvalue weighted by Gasteiger charge is 2.14. The van der Waals surface area contributed by atoms with Crippen molar-refractivity contribution in [1.82, 2.24) is 14.7 Å². The van der Waals surface area contributed by atoms with Crippen LogP contribution < -0.4 is 5.32 Å². The Morgan fingerprint density at radius 1 is 1.39 bits per heavy atom. The summed E-state index contributed by atoms with van der Waals surface area (Å²) in [5.74, 6) is 1.86. The van der Waals surface area contributed by atoms with Gasteiger partial charge in [0.25, 0.3) is 0 Å². The molecule has 4 nitrogen and oxygen atoms in total. The van der Waals surface area contributed by atoms with Gasteiger partial charge in [0.1, 0.15) is 5.82 Å². The zero-order valence-electron chi connectivity index (χ0n) is 12.7. The second-order valence-corrected chi connectivity index (χ2v) is 5.55. The largest absolute Gasteiger partial charge is 0.370 e. The monoisotopic (exact) mass is 252 g/mol. The molecular formula is C14H28N4. The van der Waals surface area contributed by atoms with Gasteiger partial charge in [0.2, 0.25) is 0 Å². The van der Waals surface area contributed by atoms with Crippen LogP contribution in [-0.2, 0) is 13.6 Å². The average molecular weight is 252 g/mol. The van der Waals surface area contributed by atoms with Crippen LogP contribution in [0, 0.1) is 12.8 Å². The fourth-order valence-corrected chi connectivity index (χ4v) is 2.31. The van der Waals surface area contributed by atoms with Crippen molar-refractivity contribution in [2.75, 3.05) is 25.5 Å². The average Bonchev–Trinajstić information content (AvgIpc) is 2.50. The Morgan fingerprint density at radius 2 is 2.06 bits per heavy atom. The zero-order valence-corrected chi connectivity index (χ0v) is 12.7. The van der Waals surface area contributed by atoms with E-state index in [1.54, 1.807) is 0 Å². The van der Waals surface area contributed by atoms with Crippen LogP contribution in [0.5, 0.6) is 0 Å². The number of hydrogen-bond acceptors (Lipinski definition) is 3. The maximum atomic E-state index is 4.52. The highest BCUT2D eigenvalue weighted by molar-refractivity contribution is 5.47. The standard InChI is InChI=1S/C14H28N4/c1-7-8-15-14-13(12(4)16-18(14)6)10-17(5)9-11(2)3/h11,15H,7-10H2,1-6H3. The van der Waals surface area contributed by atoms with Crippen molar-refractivity contribution in [1.29, 1.82) is 0 Å². The minimum atomic E-state index is 0.694. The molecule has 0 aliphatic rings. The van der Waals surface area contributed by atoms with Crippen molar-refractivity contribution >= 4 is 5.82 Å². The highest BCUT2D eigenvalue weighted by atomic mass is 15.3. The van der Waals surface area contributed by atoms with Crippen LogP contribution in [0.1, 0.15) is 38.4 Å². The molecule has 0 amide bonds. The predicted molar refractivity (Wildman–Crippen MR) is 77.9 cm³/mol. The molecule has 1 N–H and O–H groups in total. The Bertz CT molecular complexity index is 368. The van der Waals surface area contributed by atoms with Crippen LogP contribution in [0.25, 0.3) is 0 Å². The van der Waals surface area contributed by atoms with Crippen molar-refractivity contribution in [2.45, 2.75) is 40.7 Å². The molecule has 1 aromatic heterocycles.